The molecular formula is C22H18ClFN2OS. The van der Waals surface area contributed by atoms with Gasteiger partial charge in [-0.3, -0.25) is 4.79 Å². The number of hydrogen-bond donors (Lipinski definition) is 2. The number of benzene rings is 2. The lowest BCUT2D eigenvalue weighted by atomic mass is 10.0. The van der Waals surface area contributed by atoms with Crippen molar-refractivity contribution in [2.24, 2.45) is 0 Å². The Morgan fingerprint density at radius 3 is 2.75 bits per heavy atom. The van der Waals surface area contributed by atoms with Gasteiger partial charge in [0.1, 0.15) is 5.82 Å². The van der Waals surface area contributed by atoms with Gasteiger partial charge in [-0.25, -0.2) is 4.39 Å². The predicted octanol–water partition coefficient (Wildman–Crippen LogP) is 6.53. The van der Waals surface area contributed by atoms with E-state index in [1.165, 1.54) is 17.2 Å². The number of halogens is 2. The topological polar surface area (TPSA) is 44.9 Å². The lowest BCUT2D eigenvalue weighted by molar-refractivity contribution is 0.636. The van der Waals surface area contributed by atoms with Crippen molar-refractivity contribution in [3.8, 4) is 11.1 Å². The summed E-state index contributed by atoms with van der Waals surface area (Å²) in [7, 11) is 0. The second-order valence-electron chi connectivity index (χ2n) is 6.82. The largest absolute Gasteiger partial charge is 0.378 e. The monoisotopic (exact) mass is 412 g/mol. The second kappa shape index (κ2) is 7.41. The summed E-state index contributed by atoms with van der Waals surface area (Å²) in [6.45, 7) is 3.99. The Morgan fingerprint density at radius 1 is 1.18 bits per heavy atom. The summed E-state index contributed by atoms with van der Waals surface area (Å²) in [4.78, 5) is 15.1. The molecule has 1 unspecified atom stereocenters. The zero-order chi connectivity index (χ0) is 19.8. The minimum absolute atomic E-state index is 0.167. The fourth-order valence-electron chi connectivity index (χ4n) is 3.34. The molecule has 0 amide bonds. The van der Waals surface area contributed by atoms with E-state index in [4.69, 9.17) is 11.6 Å². The first kappa shape index (κ1) is 18.7. The van der Waals surface area contributed by atoms with Gasteiger partial charge in [0, 0.05) is 21.7 Å². The van der Waals surface area contributed by atoms with Crippen molar-refractivity contribution in [1.82, 2.24) is 4.98 Å². The van der Waals surface area contributed by atoms with Gasteiger partial charge in [-0.15, -0.1) is 0 Å². The van der Waals surface area contributed by atoms with Crippen molar-refractivity contribution in [3.63, 3.8) is 0 Å². The summed E-state index contributed by atoms with van der Waals surface area (Å²) in [5.74, 6) is -0.536. The molecule has 0 spiro atoms. The van der Waals surface area contributed by atoms with Gasteiger partial charge in [-0.1, -0.05) is 23.7 Å². The van der Waals surface area contributed by atoms with E-state index in [0.717, 1.165) is 11.3 Å². The summed E-state index contributed by atoms with van der Waals surface area (Å²) in [6, 6.07) is 12.3. The Labute approximate surface area is 170 Å². The van der Waals surface area contributed by atoms with Crippen LogP contribution in [0.4, 0.5) is 10.1 Å². The molecule has 28 heavy (non-hydrogen) atoms. The van der Waals surface area contributed by atoms with E-state index in [-0.39, 0.29) is 17.1 Å². The number of hydrogen-bond acceptors (Lipinski definition) is 3. The molecule has 142 valence electrons. The van der Waals surface area contributed by atoms with Crippen LogP contribution >= 0.6 is 22.9 Å². The van der Waals surface area contributed by atoms with Gasteiger partial charge in [0.05, 0.1) is 11.6 Å². The van der Waals surface area contributed by atoms with Crippen LogP contribution in [0, 0.1) is 12.7 Å². The molecule has 4 rings (SSSR count). The Kier molecular flexibility index (Phi) is 4.96. The smallest absolute Gasteiger partial charge is 0.253 e. The number of aryl methyl sites for hydroxylation is 1. The molecule has 2 N–H and O–H groups in total. The van der Waals surface area contributed by atoms with E-state index in [1.54, 1.807) is 23.5 Å². The highest BCUT2D eigenvalue weighted by Gasteiger charge is 2.14. The fourth-order valence-corrected chi connectivity index (χ4v) is 4.41. The summed E-state index contributed by atoms with van der Waals surface area (Å²) in [6.07, 6.45) is 0. The summed E-state index contributed by atoms with van der Waals surface area (Å²) in [5.41, 5.74) is 4.84. The van der Waals surface area contributed by atoms with E-state index in [1.807, 2.05) is 19.1 Å². The minimum Gasteiger partial charge on any atom is -0.378 e. The van der Waals surface area contributed by atoms with E-state index >= 15 is 0 Å². The maximum Gasteiger partial charge on any atom is 0.253 e. The van der Waals surface area contributed by atoms with Crippen LogP contribution in [0.1, 0.15) is 24.1 Å². The number of H-pyrrole nitrogens is 1. The van der Waals surface area contributed by atoms with Crippen molar-refractivity contribution in [1.29, 1.82) is 0 Å². The van der Waals surface area contributed by atoms with Crippen molar-refractivity contribution in [2.45, 2.75) is 19.9 Å². The molecule has 3 nitrogen and oxygen atoms in total. The first-order valence-electron chi connectivity index (χ1n) is 8.84. The average Bonchev–Trinajstić information content (AvgIpc) is 3.08. The standard InChI is InChI=1S/C22H18ClFN2OS/c1-12-10-28-11-19(12)14-4-3-5-17(7-14)25-13(2)18-8-15-6-16(23)9-20(24)21(15)26-22(18)27/h3-11,13,25H,1-2H3,(H,26,27). The van der Waals surface area contributed by atoms with Crippen LogP contribution in [0.5, 0.6) is 0 Å². The van der Waals surface area contributed by atoms with Crippen LogP contribution in [0.15, 0.2) is 58.0 Å². The van der Waals surface area contributed by atoms with E-state index in [2.05, 4.69) is 40.1 Å². The third-order valence-corrected chi connectivity index (χ3v) is 5.86. The summed E-state index contributed by atoms with van der Waals surface area (Å²) in [5, 5.41) is 8.48. The van der Waals surface area contributed by atoms with Gasteiger partial charge < -0.3 is 10.3 Å². The number of thiophene rings is 1. The maximum atomic E-state index is 14.0. The molecule has 2 aromatic heterocycles. The Hall–Kier alpha value is -2.63. The van der Waals surface area contributed by atoms with Gasteiger partial charge in [-0.05, 0) is 71.6 Å². The average molecular weight is 413 g/mol. The lowest BCUT2D eigenvalue weighted by Gasteiger charge is -2.16. The van der Waals surface area contributed by atoms with Crippen LogP contribution in [-0.4, -0.2) is 4.98 Å². The van der Waals surface area contributed by atoms with Crippen LogP contribution in [0.3, 0.4) is 0 Å². The molecule has 4 aromatic rings. The number of aromatic amines is 1. The molecule has 0 fully saturated rings. The first-order valence-corrected chi connectivity index (χ1v) is 10.2. The third kappa shape index (κ3) is 3.55. The van der Waals surface area contributed by atoms with Crippen LogP contribution in [0.2, 0.25) is 5.02 Å². The molecule has 0 aliphatic carbocycles. The van der Waals surface area contributed by atoms with E-state index in [9.17, 15) is 9.18 Å². The second-order valence-corrected chi connectivity index (χ2v) is 8.00. The number of rotatable bonds is 4. The highest BCUT2D eigenvalue weighted by atomic mass is 35.5. The van der Waals surface area contributed by atoms with Gasteiger partial charge in [-0.2, -0.15) is 11.3 Å². The Balaban J connectivity index is 1.67. The molecule has 6 heteroatoms. The molecule has 0 saturated carbocycles. The van der Waals surface area contributed by atoms with E-state index < -0.39 is 5.82 Å². The first-order chi connectivity index (χ1) is 13.4. The minimum atomic E-state index is -0.536. The molecule has 0 bridgehead atoms. The van der Waals surface area contributed by atoms with Gasteiger partial charge in [0.25, 0.3) is 5.56 Å². The van der Waals surface area contributed by atoms with Crippen LogP contribution in [0.25, 0.3) is 22.0 Å². The molecule has 0 aliphatic heterocycles. The summed E-state index contributed by atoms with van der Waals surface area (Å²) < 4.78 is 14.0. The number of nitrogens with one attached hydrogen (secondary N) is 2. The number of fused-ring (bicyclic) bond motifs is 1. The number of pyridine rings is 1. The van der Waals surface area contributed by atoms with Crippen LogP contribution < -0.4 is 10.9 Å². The van der Waals surface area contributed by atoms with Crippen molar-refractivity contribution < 1.29 is 4.39 Å². The highest BCUT2D eigenvalue weighted by Crippen LogP contribution is 2.30. The molecule has 0 aliphatic rings. The zero-order valence-electron chi connectivity index (χ0n) is 15.3. The van der Waals surface area contributed by atoms with Crippen molar-refractivity contribution in [3.05, 3.63) is 85.5 Å². The molecule has 2 aromatic carbocycles. The fraction of sp³-hybridized carbons (Fsp3) is 0.136. The van der Waals surface area contributed by atoms with Gasteiger partial charge >= 0.3 is 0 Å². The Bertz CT molecular complexity index is 1230. The normalized spacial score (nSPS) is 12.3. The molecule has 0 saturated heterocycles. The Morgan fingerprint density at radius 2 is 2.00 bits per heavy atom. The van der Waals surface area contributed by atoms with Gasteiger partial charge in [0.2, 0.25) is 0 Å². The third-order valence-electron chi connectivity index (χ3n) is 4.78. The molecule has 0 radical (unpaired) electrons. The molecule has 1 atom stereocenters. The lowest BCUT2D eigenvalue weighted by Crippen LogP contribution is -2.19. The number of anilines is 1. The molecular weight excluding hydrogens is 395 g/mol. The SMILES string of the molecule is Cc1cscc1-c1cccc(NC(C)c2cc3cc(Cl)cc(F)c3[nH]c2=O)c1. The maximum absolute atomic E-state index is 14.0. The zero-order valence-corrected chi connectivity index (χ0v) is 16.9. The predicted molar refractivity (Wildman–Crippen MR) is 116 cm³/mol. The van der Waals surface area contributed by atoms with Crippen molar-refractivity contribution in [2.75, 3.05) is 5.32 Å². The summed E-state index contributed by atoms with van der Waals surface area (Å²) >= 11 is 7.63. The van der Waals surface area contributed by atoms with E-state index in [0.29, 0.717) is 16.0 Å². The van der Waals surface area contributed by atoms with Gasteiger partial charge in [0.15, 0.2) is 0 Å². The highest BCUT2D eigenvalue weighted by molar-refractivity contribution is 7.08. The van der Waals surface area contributed by atoms with Crippen molar-refractivity contribution >= 4 is 39.5 Å². The van der Waals surface area contributed by atoms with Crippen LogP contribution in [-0.2, 0) is 0 Å². The number of aromatic nitrogens is 1. The quantitative estimate of drug-likeness (QED) is 0.400. The molecule has 2 heterocycles.